The van der Waals surface area contributed by atoms with Crippen LogP contribution >= 0.6 is 23.2 Å². The number of halogens is 2. The first-order valence-corrected chi connectivity index (χ1v) is 9.74. The summed E-state index contributed by atoms with van der Waals surface area (Å²) in [6.45, 7) is 4.98. The average Bonchev–Trinajstić information content (AvgIpc) is 2.90. The monoisotopic (exact) mass is 444 g/mol. The van der Waals surface area contributed by atoms with Gasteiger partial charge in [-0.15, -0.1) is 0 Å². The number of nitriles is 1. The van der Waals surface area contributed by atoms with E-state index >= 15 is 0 Å². The SMILES string of the molecule is CC(C)(C)OC(=O)N1C(=O)/C(=C/c2cc(Cl)ccc2OCC#N)c2ccc(Cl)cc21. The average molecular weight is 445 g/mol. The first kappa shape index (κ1) is 21.7. The Morgan fingerprint density at radius 2 is 1.83 bits per heavy atom. The van der Waals surface area contributed by atoms with Crippen molar-refractivity contribution in [2.24, 2.45) is 0 Å². The second-order valence-electron chi connectivity index (χ2n) is 7.47. The number of rotatable bonds is 3. The summed E-state index contributed by atoms with van der Waals surface area (Å²) in [4.78, 5) is 26.9. The van der Waals surface area contributed by atoms with Crippen molar-refractivity contribution in [1.82, 2.24) is 0 Å². The number of ether oxygens (including phenoxy) is 2. The Kier molecular flexibility index (Phi) is 6.06. The van der Waals surface area contributed by atoms with Crippen molar-refractivity contribution in [1.29, 1.82) is 5.26 Å². The molecule has 0 radical (unpaired) electrons. The van der Waals surface area contributed by atoms with Crippen LogP contribution in [0.1, 0.15) is 31.9 Å². The number of imide groups is 1. The quantitative estimate of drug-likeness (QED) is 0.565. The van der Waals surface area contributed by atoms with Crippen molar-refractivity contribution in [2.75, 3.05) is 11.5 Å². The fourth-order valence-electron chi connectivity index (χ4n) is 2.92. The number of hydrogen-bond acceptors (Lipinski definition) is 5. The second-order valence-corrected chi connectivity index (χ2v) is 8.34. The van der Waals surface area contributed by atoms with Crippen molar-refractivity contribution < 1.29 is 19.1 Å². The summed E-state index contributed by atoms with van der Waals surface area (Å²) >= 11 is 12.2. The normalized spacial score (nSPS) is 14.5. The van der Waals surface area contributed by atoms with Crippen LogP contribution in [0.4, 0.5) is 10.5 Å². The predicted octanol–water partition coefficient (Wildman–Crippen LogP) is 5.72. The number of nitrogens with zero attached hydrogens (tertiary/aromatic N) is 2. The Morgan fingerprint density at radius 3 is 2.50 bits per heavy atom. The number of carbonyl (C=O) groups is 2. The molecule has 0 aromatic heterocycles. The zero-order valence-corrected chi connectivity index (χ0v) is 18.0. The molecule has 0 saturated carbocycles. The third kappa shape index (κ3) is 4.59. The Bertz CT molecular complexity index is 1100. The topological polar surface area (TPSA) is 79.6 Å². The van der Waals surface area contributed by atoms with Gasteiger partial charge in [0.05, 0.1) is 11.3 Å². The van der Waals surface area contributed by atoms with Crippen molar-refractivity contribution >= 4 is 52.5 Å². The van der Waals surface area contributed by atoms with Gasteiger partial charge in [-0.25, -0.2) is 9.69 Å². The zero-order valence-electron chi connectivity index (χ0n) is 16.5. The molecule has 0 N–H and O–H groups in total. The lowest BCUT2D eigenvalue weighted by Gasteiger charge is -2.23. The maximum absolute atomic E-state index is 13.2. The maximum Gasteiger partial charge on any atom is 0.422 e. The molecule has 0 atom stereocenters. The van der Waals surface area contributed by atoms with E-state index in [1.54, 1.807) is 57.2 Å². The molecule has 8 heteroatoms. The molecule has 6 nitrogen and oxygen atoms in total. The van der Waals surface area contributed by atoms with Gasteiger partial charge in [-0.05, 0) is 57.2 Å². The van der Waals surface area contributed by atoms with Crippen LogP contribution in [0.2, 0.25) is 10.0 Å². The van der Waals surface area contributed by atoms with Gasteiger partial charge >= 0.3 is 6.09 Å². The molecule has 3 rings (SSSR count). The summed E-state index contributed by atoms with van der Waals surface area (Å²) < 4.78 is 10.8. The van der Waals surface area contributed by atoms with Gasteiger partial charge < -0.3 is 9.47 Å². The minimum Gasteiger partial charge on any atom is -0.478 e. The molecule has 2 aromatic rings. The Morgan fingerprint density at radius 1 is 1.17 bits per heavy atom. The van der Waals surface area contributed by atoms with Gasteiger partial charge in [0.2, 0.25) is 0 Å². The third-order valence-electron chi connectivity index (χ3n) is 4.06. The fourth-order valence-corrected chi connectivity index (χ4v) is 3.27. The number of fused-ring (bicyclic) bond motifs is 1. The molecule has 30 heavy (non-hydrogen) atoms. The highest BCUT2D eigenvalue weighted by Crippen LogP contribution is 2.41. The molecule has 1 aliphatic rings. The van der Waals surface area contributed by atoms with Crippen molar-refractivity contribution in [3.8, 4) is 11.8 Å². The van der Waals surface area contributed by atoms with Crippen molar-refractivity contribution in [2.45, 2.75) is 26.4 Å². The molecule has 0 aliphatic carbocycles. The van der Waals surface area contributed by atoms with Crippen LogP contribution in [0, 0.1) is 11.3 Å². The van der Waals surface area contributed by atoms with Gasteiger partial charge in [0.1, 0.15) is 17.4 Å². The second kappa shape index (κ2) is 8.39. The molecule has 0 saturated heterocycles. The van der Waals surface area contributed by atoms with Gasteiger partial charge in [0, 0.05) is 21.2 Å². The minimum absolute atomic E-state index is 0.165. The lowest BCUT2D eigenvalue weighted by molar-refractivity contribution is -0.112. The number of anilines is 1. The smallest absolute Gasteiger partial charge is 0.422 e. The van der Waals surface area contributed by atoms with Crippen LogP contribution in [0.5, 0.6) is 5.75 Å². The van der Waals surface area contributed by atoms with Crippen LogP contribution < -0.4 is 9.64 Å². The minimum atomic E-state index is -0.800. The molecule has 154 valence electrons. The number of carbonyl (C=O) groups excluding carboxylic acids is 2. The Hall–Kier alpha value is -3.01. The van der Waals surface area contributed by atoms with E-state index in [0.717, 1.165) is 4.90 Å². The van der Waals surface area contributed by atoms with Gasteiger partial charge in [-0.2, -0.15) is 5.26 Å². The Balaban J connectivity index is 2.12. The van der Waals surface area contributed by atoms with E-state index in [1.807, 2.05) is 6.07 Å². The largest absolute Gasteiger partial charge is 0.478 e. The van der Waals surface area contributed by atoms with Gasteiger partial charge in [0.25, 0.3) is 5.91 Å². The van der Waals surface area contributed by atoms with Crippen LogP contribution in [0.3, 0.4) is 0 Å². The molecular weight excluding hydrogens is 427 g/mol. The highest BCUT2D eigenvalue weighted by Gasteiger charge is 2.39. The fraction of sp³-hybridized carbons (Fsp3) is 0.227. The first-order chi connectivity index (χ1) is 14.1. The molecular formula is C22H18Cl2N2O4. The van der Waals surface area contributed by atoms with E-state index in [4.69, 9.17) is 37.9 Å². The number of amides is 2. The lowest BCUT2D eigenvalue weighted by atomic mass is 10.0. The van der Waals surface area contributed by atoms with E-state index in [-0.39, 0.29) is 12.2 Å². The molecule has 0 spiro atoms. The zero-order chi connectivity index (χ0) is 22.1. The summed E-state index contributed by atoms with van der Waals surface area (Å²) in [6, 6.07) is 11.6. The van der Waals surface area contributed by atoms with Crippen molar-refractivity contribution in [3.05, 3.63) is 57.6 Å². The number of benzene rings is 2. The molecule has 2 amide bonds. The lowest BCUT2D eigenvalue weighted by Crippen LogP contribution is -2.38. The summed E-state index contributed by atoms with van der Waals surface area (Å²) in [6.07, 6.45) is 0.768. The predicted molar refractivity (Wildman–Crippen MR) is 116 cm³/mol. The summed E-state index contributed by atoms with van der Waals surface area (Å²) in [5.74, 6) is -0.180. The molecule has 2 aromatic carbocycles. The molecule has 0 bridgehead atoms. The van der Waals surface area contributed by atoms with Gasteiger partial charge in [0.15, 0.2) is 6.61 Å². The van der Waals surface area contributed by atoms with E-state index in [9.17, 15) is 9.59 Å². The van der Waals surface area contributed by atoms with Crippen molar-refractivity contribution in [3.63, 3.8) is 0 Å². The van der Waals surface area contributed by atoms with Gasteiger partial charge in [-0.1, -0.05) is 29.3 Å². The highest BCUT2D eigenvalue weighted by molar-refractivity contribution is 6.42. The Labute approximate surface area is 184 Å². The van der Waals surface area contributed by atoms with Crippen LogP contribution in [-0.4, -0.2) is 24.2 Å². The van der Waals surface area contributed by atoms with E-state index < -0.39 is 17.6 Å². The van der Waals surface area contributed by atoms with Crippen LogP contribution in [-0.2, 0) is 9.53 Å². The van der Waals surface area contributed by atoms with Crippen LogP contribution in [0.25, 0.3) is 11.6 Å². The van der Waals surface area contributed by atoms with E-state index in [0.29, 0.717) is 32.6 Å². The van der Waals surface area contributed by atoms with Crippen LogP contribution in [0.15, 0.2) is 36.4 Å². The maximum atomic E-state index is 13.2. The third-order valence-corrected chi connectivity index (χ3v) is 4.53. The molecule has 0 unspecified atom stereocenters. The first-order valence-electron chi connectivity index (χ1n) is 8.99. The summed E-state index contributed by atoms with van der Waals surface area (Å²) in [5.41, 5.74) is 0.800. The standard InChI is InChI=1S/C22H18Cl2N2O4/c1-22(2,3)30-21(28)26-18-12-15(24)4-6-16(18)17(20(26)27)11-13-10-14(23)5-7-19(13)29-9-8-25/h4-7,10-12H,9H2,1-3H3/b17-11+. The van der Waals surface area contributed by atoms with Gasteiger partial charge in [-0.3, -0.25) is 4.79 Å². The highest BCUT2D eigenvalue weighted by atomic mass is 35.5. The molecule has 1 aliphatic heterocycles. The summed E-state index contributed by atoms with van der Waals surface area (Å²) in [5, 5.41) is 9.60. The molecule has 0 fully saturated rings. The summed E-state index contributed by atoms with van der Waals surface area (Å²) in [7, 11) is 0. The van der Waals surface area contributed by atoms with E-state index in [1.165, 1.54) is 6.07 Å². The molecule has 1 heterocycles. The number of hydrogen-bond donors (Lipinski definition) is 0. The van der Waals surface area contributed by atoms with E-state index in [2.05, 4.69) is 0 Å².